The van der Waals surface area contributed by atoms with Crippen molar-refractivity contribution in [1.29, 1.82) is 5.26 Å². The van der Waals surface area contributed by atoms with E-state index in [1.54, 1.807) is 11.0 Å². The number of rotatable bonds is 1. The maximum Gasteiger partial charge on any atom is 0.410 e. The second kappa shape index (κ2) is 6.10. The van der Waals surface area contributed by atoms with Crippen molar-refractivity contribution in [3.63, 3.8) is 0 Å². The molecule has 0 bridgehead atoms. The molecule has 0 radical (unpaired) electrons. The van der Waals surface area contributed by atoms with E-state index >= 15 is 0 Å². The van der Waals surface area contributed by atoms with Gasteiger partial charge in [-0.3, -0.25) is 0 Å². The number of ether oxygens (including phenoxy) is 1. The zero-order chi connectivity index (χ0) is 17.5. The lowest BCUT2D eigenvalue weighted by Gasteiger charge is -2.26. The third kappa shape index (κ3) is 3.54. The lowest BCUT2D eigenvalue weighted by atomic mass is 10.0. The molecule has 24 heavy (non-hydrogen) atoms. The highest BCUT2D eigenvalue weighted by Gasteiger charge is 2.43. The van der Waals surface area contributed by atoms with Crippen LogP contribution in [0, 0.1) is 23.2 Å². The van der Waals surface area contributed by atoms with Crippen LogP contribution in [0.2, 0.25) is 5.28 Å². The molecule has 2 aliphatic rings. The second-order valence-corrected chi connectivity index (χ2v) is 7.64. The van der Waals surface area contributed by atoms with Gasteiger partial charge in [0.15, 0.2) is 0 Å². The van der Waals surface area contributed by atoms with Gasteiger partial charge in [0.05, 0.1) is 0 Å². The molecule has 0 spiro atoms. The number of likely N-dealkylation sites (tertiary alicyclic amines) is 1. The standard InChI is InChI=1S/C16H20ClN5O2/c1-16(2,3)24-15(23)22-8-10-6-21(7-11(10)9-22)13-4-12(5-18)19-14(17)20-13/h4,10-11H,6-9H2,1-3H3. The number of anilines is 1. The number of hydrogen-bond acceptors (Lipinski definition) is 6. The Morgan fingerprint density at radius 3 is 2.46 bits per heavy atom. The first kappa shape index (κ1) is 16.8. The minimum Gasteiger partial charge on any atom is -0.444 e. The molecular formula is C16H20ClN5O2. The number of fused-ring (bicyclic) bond motifs is 1. The molecule has 2 saturated heterocycles. The highest BCUT2D eigenvalue weighted by atomic mass is 35.5. The largest absolute Gasteiger partial charge is 0.444 e. The molecule has 8 heteroatoms. The predicted molar refractivity (Wildman–Crippen MR) is 88.8 cm³/mol. The summed E-state index contributed by atoms with van der Waals surface area (Å²) in [6, 6.07) is 3.65. The van der Waals surface area contributed by atoms with E-state index in [1.165, 1.54) is 0 Å². The number of aromatic nitrogens is 2. The molecule has 0 N–H and O–H groups in total. The average molecular weight is 350 g/mol. The van der Waals surface area contributed by atoms with Crippen LogP contribution in [-0.4, -0.2) is 52.7 Å². The van der Waals surface area contributed by atoms with Gasteiger partial charge in [-0.25, -0.2) is 14.8 Å². The molecule has 1 aromatic heterocycles. The van der Waals surface area contributed by atoms with Crippen LogP contribution >= 0.6 is 11.6 Å². The van der Waals surface area contributed by atoms with Gasteiger partial charge in [0.25, 0.3) is 0 Å². The summed E-state index contributed by atoms with van der Waals surface area (Å²) in [6.07, 6.45) is -0.250. The molecule has 0 aliphatic carbocycles. The van der Waals surface area contributed by atoms with Crippen molar-refractivity contribution in [1.82, 2.24) is 14.9 Å². The molecule has 2 fully saturated rings. The van der Waals surface area contributed by atoms with Gasteiger partial charge < -0.3 is 14.5 Å². The number of nitrogens with zero attached hydrogens (tertiary/aromatic N) is 5. The van der Waals surface area contributed by atoms with Gasteiger partial charge in [-0.2, -0.15) is 5.26 Å². The van der Waals surface area contributed by atoms with Crippen molar-refractivity contribution >= 4 is 23.5 Å². The van der Waals surface area contributed by atoms with Gasteiger partial charge in [-0.1, -0.05) is 0 Å². The summed E-state index contributed by atoms with van der Waals surface area (Å²) in [4.78, 5) is 24.2. The van der Waals surface area contributed by atoms with E-state index in [0.717, 1.165) is 13.1 Å². The molecule has 0 aromatic carbocycles. The van der Waals surface area contributed by atoms with E-state index in [-0.39, 0.29) is 17.1 Å². The average Bonchev–Trinajstić information content (AvgIpc) is 3.03. The van der Waals surface area contributed by atoms with Crippen LogP contribution in [0.15, 0.2) is 6.07 Å². The Kier molecular flexibility index (Phi) is 4.26. The number of halogens is 1. The van der Waals surface area contributed by atoms with E-state index in [4.69, 9.17) is 21.6 Å². The van der Waals surface area contributed by atoms with E-state index in [0.29, 0.717) is 30.7 Å². The fourth-order valence-corrected chi connectivity index (χ4v) is 3.46. The van der Waals surface area contributed by atoms with Gasteiger partial charge in [0.1, 0.15) is 23.2 Å². The van der Waals surface area contributed by atoms with E-state index < -0.39 is 5.60 Å². The summed E-state index contributed by atoms with van der Waals surface area (Å²) in [6.45, 7) is 8.53. The van der Waals surface area contributed by atoms with Crippen LogP contribution < -0.4 is 4.90 Å². The zero-order valence-corrected chi connectivity index (χ0v) is 14.7. The molecule has 7 nitrogen and oxygen atoms in total. The molecule has 2 atom stereocenters. The maximum absolute atomic E-state index is 12.2. The molecule has 2 unspecified atom stereocenters. The Hall–Kier alpha value is -2.07. The number of amides is 1. The number of carbonyl (C=O) groups is 1. The van der Waals surface area contributed by atoms with Crippen molar-refractivity contribution in [3.8, 4) is 6.07 Å². The lowest BCUT2D eigenvalue weighted by molar-refractivity contribution is 0.0282. The summed E-state index contributed by atoms with van der Waals surface area (Å²) in [5.74, 6) is 1.42. The summed E-state index contributed by atoms with van der Waals surface area (Å²) >= 11 is 5.88. The molecule has 128 valence electrons. The lowest BCUT2D eigenvalue weighted by Crippen LogP contribution is -2.37. The van der Waals surface area contributed by atoms with Gasteiger partial charge >= 0.3 is 6.09 Å². The summed E-state index contributed by atoms with van der Waals surface area (Å²) in [7, 11) is 0. The highest BCUT2D eigenvalue weighted by Crippen LogP contribution is 2.34. The fraction of sp³-hybridized carbons (Fsp3) is 0.625. The fourth-order valence-electron chi connectivity index (χ4n) is 3.28. The molecule has 1 amide bonds. The van der Waals surface area contributed by atoms with E-state index in [2.05, 4.69) is 14.9 Å². The summed E-state index contributed by atoms with van der Waals surface area (Å²) in [5.41, 5.74) is -0.218. The smallest absolute Gasteiger partial charge is 0.410 e. The van der Waals surface area contributed by atoms with Gasteiger partial charge in [-0.05, 0) is 32.4 Å². The van der Waals surface area contributed by atoms with Crippen LogP contribution in [0.4, 0.5) is 10.6 Å². The van der Waals surface area contributed by atoms with Crippen molar-refractivity contribution in [2.24, 2.45) is 11.8 Å². The van der Waals surface area contributed by atoms with Crippen molar-refractivity contribution in [2.45, 2.75) is 26.4 Å². The molecule has 3 rings (SSSR count). The first-order valence-corrected chi connectivity index (χ1v) is 8.30. The Morgan fingerprint density at radius 1 is 1.29 bits per heavy atom. The Labute approximate surface area is 146 Å². The summed E-state index contributed by atoms with van der Waals surface area (Å²) in [5, 5.41) is 9.08. The maximum atomic E-state index is 12.2. The topological polar surface area (TPSA) is 82.4 Å². The van der Waals surface area contributed by atoms with Crippen molar-refractivity contribution in [3.05, 3.63) is 17.0 Å². The minimum absolute atomic E-state index is 0.0801. The Balaban J connectivity index is 1.64. The number of carbonyl (C=O) groups excluding carboxylic acids is 1. The second-order valence-electron chi connectivity index (χ2n) is 7.30. The number of nitriles is 1. The Morgan fingerprint density at radius 2 is 1.92 bits per heavy atom. The first-order valence-electron chi connectivity index (χ1n) is 7.93. The first-order chi connectivity index (χ1) is 11.2. The molecular weight excluding hydrogens is 330 g/mol. The quantitative estimate of drug-likeness (QED) is 0.723. The van der Waals surface area contributed by atoms with Crippen molar-refractivity contribution < 1.29 is 9.53 Å². The van der Waals surface area contributed by atoms with Crippen LogP contribution in [0.25, 0.3) is 0 Å². The van der Waals surface area contributed by atoms with Gasteiger partial charge in [0.2, 0.25) is 5.28 Å². The third-order valence-corrected chi connectivity index (χ3v) is 4.43. The SMILES string of the molecule is CC(C)(C)OC(=O)N1CC2CN(c3cc(C#N)nc(Cl)n3)CC2C1. The monoisotopic (exact) mass is 349 g/mol. The molecule has 1 aromatic rings. The van der Waals surface area contributed by atoms with Crippen LogP contribution in [0.3, 0.4) is 0 Å². The van der Waals surface area contributed by atoms with E-state index in [1.807, 2.05) is 26.8 Å². The number of hydrogen-bond donors (Lipinski definition) is 0. The van der Waals surface area contributed by atoms with Gasteiger partial charge in [0, 0.05) is 44.1 Å². The van der Waals surface area contributed by atoms with E-state index in [9.17, 15) is 4.79 Å². The van der Waals surface area contributed by atoms with Crippen LogP contribution in [0.5, 0.6) is 0 Å². The highest BCUT2D eigenvalue weighted by molar-refractivity contribution is 6.28. The molecule has 2 aliphatic heterocycles. The predicted octanol–water partition coefficient (Wildman–Crippen LogP) is 2.30. The normalized spacial score (nSPS) is 23.1. The Bertz CT molecular complexity index is 683. The van der Waals surface area contributed by atoms with Crippen LogP contribution in [0.1, 0.15) is 26.5 Å². The minimum atomic E-state index is -0.480. The zero-order valence-electron chi connectivity index (χ0n) is 14.0. The molecule has 0 saturated carbocycles. The van der Waals surface area contributed by atoms with Crippen LogP contribution in [-0.2, 0) is 4.74 Å². The van der Waals surface area contributed by atoms with Crippen molar-refractivity contribution in [2.75, 3.05) is 31.1 Å². The summed E-state index contributed by atoms with van der Waals surface area (Å²) < 4.78 is 5.44. The molecule has 3 heterocycles. The van der Waals surface area contributed by atoms with Gasteiger partial charge in [-0.15, -0.1) is 0 Å². The third-order valence-electron chi connectivity index (χ3n) is 4.26.